The van der Waals surface area contributed by atoms with Gasteiger partial charge in [0.15, 0.2) is 0 Å². The van der Waals surface area contributed by atoms with Crippen molar-refractivity contribution in [2.24, 2.45) is 29.1 Å². The number of ether oxygens (including phenoxy) is 1. The highest BCUT2D eigenvalue weighted by Crippen LogP contribution is 2.63. The summed E-state index contributed by atoms with van der Waals surface area (Å²) in [5.74, 6) is 3.46. The third-order valence-electron chi connectivity index (χ3n) is 5.80. The van der Waals surface area contributed by atoms with Crippen LogP contribution in [0.1, 0.15) is 46.0 Å². The zero-order chi connectivity index (χ0) is 11.3. The van der Waals surface area contributed by atoms with Crippen molar-refractivity contribution in [2.45, 2.75) is 46.0 Å². The zero-order valence-corrected chi connectivity index (χ0v) is 10.4. The molecule has 2 bridgehead atoms. The van der Waals surface area contributed by atoms with Crippen LogP contribution in [0.2, 0.25) is 0 Å². The van der Waals surface area contributed by atoms with Crippen LogP contribution in [0.25, 0.3) is 0 Å². The Hall–Kier alpha value is -0.530. The minimum atomic E-state index is 0.0281. The van der Waals surface area contributed by atoms with Crippen molar-refractivity contribution < 1.29 is 9.53 Å². The normalized spacial score (nSPS) is 51.8. The highest BCUT2D eigenvalue weighted by Gasteiger charge is 2.57. The number of fused-ring (bicyclic) bond motifs is 3. The van der Waals surface area contributed by atoms with E-state index in [0.29, 0.717) is 18.4 Å². The highest BCUT2D eigenvalue weighted by atomic mass is 16.5. The van der Waals surface area contributed by atoms with Gasteiger partial charge in [-0.15, -0.1) is 0 Å². The molecule has 1 heterocycles. The van der Waals surface area contributed by atoms with Gasteiger partial charge in [0, 0.05) is 11.8 Å². The van der Waals surface area contributed by atoms with Crippen molar-refractivity contribution in [3.8, 4) is 0 Å². The van der Waals surface area contributed by atoms with Gasteiger partial charge >= 0.3 is 5.97 Å². The molecule has 3 fully saturated rings. The summed E-state index contributed by atoms with van der Waals surface area (Å²) in [6, 6.07) is 0. The summed E-state index contributed by atoms with van der Waals surface area (Å²) in [5, 5.41) is 0. The van der Waals surface area contributed by atoms with Crippen molar-refractivity contribution in [2.75, 3.05) is 6.61 Å². The molecule has 2 nitrogen and oxygen atoms in total. The van der Waals surface area contributed by atoms with E-state index in [1.54, 1.807) is 0 Å². The molecule has 1 aliphatic heterocycles. The third-order valence-corrected chi connectivity index (χ3v) is 5.80. The molecule has 2 saturated carbocycles. The van der Waals surface area contributed by atoms with E-state index >= 15 is 0 Å². The third kappa shape index (κ3) is 1.34. The summed E-state index contributed by atoms with van der Waals surface area (Å²) in [6.45, 7) is 5.53. The summed E-state index contributed by atoms with van der Waals surface area (Å²) in [4.78, 5) is 11.4. The van der Waals surface area contributed by atoms with E-state index in [-0.39, 0.29) is 5.97 Å². The number of carbonyl (C=O) groups excluding carboxylic acids is 1. The van der Waals surface area contributed by atoms with Gasteiger partial charge in [-0.3, -0.25) is 4.79 Å². The Morgan fingerprint density at radius 3 is 2.81 bits per heavy atom. The number of hydrogen-bond donors (Lipinski definition) is 0. The average molecular weight is 222 g/mol. The van der Waals surface area contributed by atoms with Gasteiger partial charge in [0.25, 0.3) is 0 Å². The fraction of sp³-hybridized carbons (Fsp3) is 0.929. The Morgan fingerprint density at radius 2 is 2.12 bits per heavy atom. The maximum Gasteiger partial charge on any atom is 0.305 e. The maximum absolute atomic E-state index is 11.4. The first-order valence-corrected chi connectivity index (χ1v) is 6.78. The van der Waals surface area contributed by atoms with Crippen molar-refractivity contribution in [1.29, 1.82) is 0 Å². The van der Waals surface area contributed by atoms with Crippen LogP contribution in [0.4, 0.5) is 0 Å². The molecule has 5 atom stereocenters. The minimum absolute atomic E-state index is 0.0281. The lowest BCUT2D eigenvalue weighted by atomic mass is 9.64. The molecule has 2 aliphatic carbocycles. The van der Waals surface area contributed by atoms with E-state index in [4.69, 9.17) is 4.74 Å². The van der Waals surface area contributed by atoms with E-state index in [1.165, 1.54) is 19.3 Å². The minimum Gasteiger partial charge on any atom is -0.465 e. The summed E-state index contributed by atoms with van der Waals surface area (Å²) >= 11 is 0. The van der Waals surface area contributed by atoms with Crippen molar-refractivity contribution in [1.82, 2.24) is 0 Å². The molecule has 1 spiro atoms. The van der Waals surface area contributed by atoms with Gasteiger partial charge in [-0.25, -0.2) is 0 Å². The fourth-order valence-corrected chi connectivity index (χ4v) is 4.71. The smallest absolute Gasteiger partial charge is 0.305 e. The quantitative estimate of drug-likeness (QED) is 0.589. The molecule has 3 aliphatic rings. The molecular formula is C14H22O2. The fourth-order valence-electron chi connectivity index (χ4n) is 4.71. The van der Waals surface area contributed by atoms with Gasteiger partial charge in [0.1, 0.15) is 0 Å². The lowest BCUT2D eigenvalue weighted by Crippen LogP contribution is -2.38. The van der Waals surface area contributed by atoms with Crippen LogP contribution in [0.5, 0.6) is 0 Å². The molecule has 0 aromatic rings. The van der Waals surface area contributed by atoms with Crippen LogP contribution in [0.15, 0.2) is 0 Å². The first-order chi connectivity index (χ1) is 7.62. The summed E-state index contributed by atoms with van der Waals surface area (Å²) in [5.41, 5.74) is 0.364. The molecular weight excluding hydrogens is 200 g/mol. The summed E-state index contributed by atoms with van der Waals surface area (Å²) in [6.07, 6.45) is 5.61. The van der Waals surface area contributed by atoms with Crippen molar-refractivity contribution >= 4 is 5.97 Å². The number of rotatable bonds is 0. The largest absolute Gasteiger partial charge is 0.465 e. The topological polar surface area (TPSA) is 26.3 Å². The summed E-state index contributed by atoms with van der Waals surface area (Å²) in [7, 11) is 0. The van der Waals surface area contributed by atoms with Gasteiger partial charge in [-0.2, -0.15) is 0 Å². The van der Waals surface area contributed by atoms with E-state index in [9.17, 15) is 4.79 Å². The number of esters is 1. The second-order valence-electron chi connectivity index (χ2n) is 6.40. The monoisotopic (exact) mass is 222 g/mol. The van der Waals surface area contributed by atoms with E-state index < -0.39 is 0 Å². The molecule has 2 heteroatoms. The average Bonchev–Trinajstić information content (AvgIpc) is 2.67. The number of carbonyl (C=O) groups is 1. The maximum atomic E-state index is 11.4. The molecule has 90 valence electrons. The molecule has 0 amide bonds. The molecule has 0 aromatic carbocycles. The lowest BCUT2D eigenvalue weighted by Gasteiger charge is -2.41. The molecule has 0 radical (unpaired) electrons. The first kappa shape index (κ1) is 10.6. The van der Waals surface area contributed by atoms with Gasteiger partial charge in [0.2, 0.25) is 0 Å². The number of cyclic esters (lactones) is 1. The molecule has 0 aromatic heterocycles. The molecule has 16 heavy (non-hydrogen) atoms. The van der Waals surface area contributed by atoms with Gasteiger partial charge in [0.05, 0.1) is 6.61 Å². The first-order valence-electron chi connectivity index (χ1n) is 6.78. The van der Waals surface area contributed by atoms with Crippen LogP contribution in [-0.4, -0.2) is 12.6 Å². The van der Waals surface area contributed by atoms with Crippen LogP contribution < -0.4 is 0 Å². The van der Waals surface area contributed by atoms with Crippen LogP contribution >= 0.6 is 0 Å². The SMILES string of the molecule is CC1C2CC(C1C)C1(CCCC(=O)OC1)C2. The Kier molecular flexibility index (Phi) is 2.31. The number of hydrogen-bond acceptors (Lipinski definition) is 2. The van der Waals surface area contributed by atoms with Crippen LogP contribution in [0.3, 0.4) is 0 Å². The standard InChI is InChI=1S/C14H22O2/c1-9-10(2)12-6-11(9)7-14(12)5-3-4-13(15)16-8-14/h9-12H,3-8H2,1-2H3. The van der Waals surface area contributed by atoms with Crippen molar-refractivity contribution in [3.63, 3.8) is 0 Å². The predicted octanol–water partition coefficient (Wildman–Crippen LogP) is 3.01. The second-order valence-corrected chi connectivity index (χ2v) is 6.40. The summed E-state index contributed by atoms with van der Waals surface area (Å²) < 4.78 is 5.44. The van der Waals surface area contributed by atoms with E-state index in [2.05, 4.69) is 13.8 Å². The Balaban J connectivity index is 1.82. The van der Waals surface area contributed by atoms with Crippen LogP contribution in [0, 0.1) is 29.1 Å². The van der Waals surface area contributed by atoms with Gasteiger partial charge in [-0.1, -0.05) is 13.8 Å². The van der Waals surface area contributed by atoms with Gasteiger partial charge in [-0.05, 0) is 49.4 Å². The van der Waals surface area contributed by atoms with E-state index in [1.807, 2.05) is 0 Å². The van der Waals surface area contributed by atoms with Crippen molar-refractivity contribution in [3.05, 3.63) is 0 Å². The van der Waals surface area contributed by atoms with Crippen LogP contribution in [-0.2, 0) is 9.53 Å². The molecule has 0 N–H and O–H groups in total. The Bertz CT molecular complexity index is 310. The molecule has 5 unspecified atom stereocenters. The zero-order valence-electron chi connectivity index (χ0n) is 10.4. The molecule has 3 rings (SSSR count). The molecule has 1 saturated heterocycles. The highest BCUT2D eigenvalue weighted by molar-refractivity contribution is 5.69. The van der Waals surface area contributed by atoms with E-state index in [0.717, 1.165) is 30.1 Å². The second kappa shape index (κ2) is 3.48. The predicted molar refractivity (Wildman–Crippen MR) is 61.8 cm³/mol. The Morgan fingerprint density at radius 1 is 1.31 bits per heavy atom. The van der Waals surface area contributed by atoms with Gasteiger partial charge < -0.3 is 4.74 Å². The lowest BCUT2D eigenvalue weighted by molar-refractivity contribution is -0.146. The Labute approximate surface area is 97.7 Å².